The molecule has 3 unspecified atom stereocenters. The number of rotatable bonds is 15. The summed E-state index contributed by atoms with van der Waals surface area (Å²) >= 11 is 0. The van der Waals surface area contributed by atoms with Gasteiger partial charge >= 0.3 is 0 Å². The molecule has 0 spiro atoms. The first kappa shape index (κ1) is 36.8. The highest BCUT2D eigenvalue weighted by atomic mass is 16.5. The number of ether oxygens (including phenoxy) is 1. The summed E-state index contributed by atoms with van der Waals surface area (Å²) in [6, 6.07) is 1.01. The van der Waals surface area contributed by atoms with Crippen LogP contribution in [0.5, 0.6) is 0 Å². The van der Waals surface area contributed by atoms with Crippen molar-refractivity contribution in [2.45, 2.75) is 82.4 Å². The lowest BCUT2D eigenvalue weighted by Crippen LogP contribution is -2.50. The minimum atomic E-state index is 0.00382. The maximum absolute atomic E-state index is 6.58. The maximum Gasteiger partial charge on any atom is 0.0811 e. The predicted molar refractivity (Wildman–Crippen MR) is 195 cm³/mol. The van der Waals surface area contributed by atoms with Gasteiger partial charge in [0.1, 0.15) is 0 Å². The standard InChI is InChI=1S/C41H58N2O/c1-7-13-25-35(22-10-4)41(36(23-11-5)26-14-8-2)40-34-43(32-33-44-40)39-30-20-18-16-17-19-28-38(29-21-31-39)42-37(24-12-6)27-15-9-3/h7-15,22-27,38-42H,1-6,16-21,28-34H2/b25-13-,26-14-,27-15-,35-22+,36-23+,37-24+. The Morgan fingerprint density at radius 3 is 1.80 bits per heavy atom. The molecule has 0 aromatic rings. The molecule has 1 N–H and O–H groups in total. The van der Waals surface area contributed by atoms with E-state index in [1.54, 1.807) is 0 Å². The molecule has 0 aromatic carbocycles. The Morgan fingerprint density at radius 1 is 0.636 bits per heavy atom. The minimum Gasteiger partial charge on any atom is -0.382 e. The number of morpholine rings is 1. The highest BCUT2D eigenvalue weighted by molar-refractivity contribution is 5.41. The van der Waals surface area contributed by atoms with Gasteiger partial charge in [-0.1, -0.05) is 151 Å². The lowest BCUT2D eigenvalue weighted by Gasteiger charge is -2.42. The summed E-state index contributed by atoms with van der Waals surface area (Å²) in [7, 11) is 0. The zero-order chi connectivity index (χ0) is 31.8. The monoisotopic (exact) mass is 594 g/mol. The van der Waals surface area contributed by atoms with Gasteiger partial charge in [0.25, 0.3) is 0 Å². The summed E-state index contributed by atoms with van der Waals surface area (Å²) in [4.78, 5) is 2.72. The van der Waals surface area contributed by atoms with Gasteiger partial charge in [0.05, 0.1) is 12.7 Å². The second-order valence-electron chi connectivity index (χ2n) is 11.6. The Morgan fingerprint density at radius 2 is 1.18 bits per heavy atom. The largest absolute Gasteiger partial charge is 0.382 e. The normalized spacial score (nSPS) is 24.1. The Kier molecular flexibility index (Phi) is 19.3. The van der Waals surface area contributed by atoms with Crippen molar-refractivity contribution in [3.05, 3.63) is 147 Å². The summed E-state index contributed by atoms with van der Waals surface area (Å²) in [5, 5.41) is 3.81. The Balaban J connectivity index is 2.30. The third kappa shape index (κ3) is 13.5. The van der Waals surface area contributed by atoms with Crippen molar-refractivity contribution < 1.29 is 4.74 Å². The van der Waals surface area contributed by atoms with E-state index < -0.39 is 0 Å². The van der Waals surface area contributed by atoms with Crippen LogP contribution in [-0.2, 0) is 4.74 Å². The molecule has 1 aliphatic heterocycles. The Hall–Kier alpha value is -3.40. The molecule has 3 heteroatoms. The van der Waals surface area contributed by atoms with Crippen LogP contribution in [0.2, 0.25) is 0 Å². The second-order valence-corrected chi connectivity index (χ2v) is 11.6. The van der Waals surface area contributed by atoms with E-state index in [-0.39, 0.29) is 12.0 Å². The fraction of sp³-hybridized carbons (Fsp3) is 0.415. The quantitative estimate of drug-likeness (QED) is 0.191. The molecule has 0 bridgehead atoms. The van der Waals surface area contributed by atoms with Crippen LogP contribution in [0.15, 0.2) is 147 Å². The molecular weight excluding hydrogens is 536 g/mol. The van der Waals surface area contributed by atoms with Gasteiger partial charge in [0, 0.05) is 36.8 Å². The van der Waals surface area contributed by atoms with Crippen LogP contribution >= 0.6 is 0 Å². The molecule has 1 saturated carbocycles. The third-order valence-corrected chi connectivity index (χ3v) is 8.46. The third-order valence-electron chi connectivity index (χ3n) is 8.46. The van der Waals surface area contributed by atoms with Gasteiger partial charge in [0.15, 0.2) is 0 Å². The van der Waals surface area contributed by atoms with E-state index in [1.165, 1.54) is 64.2 Å². The summed E-state index contributed by atoms with van der Waals surface area (Å²) < 4.78 is 6.58. The van der Waals surface area contributed by atoms with Crippen LogP contribution < -0.4 is 5.32 Å². The first-order valence-corrected chi connectivity index (χ1v) is 16.6. The fourth-order valence-corrected chi connectivity index (χ4v) is 6.39. The van der Waals surface area contributed by atoms with E-state index in [0.717, 1.165) is 36.5 Å². The molecule has 1 heterocycles. The van der Waals surface area contributed by atoms with E-state index in [9.17, 15) is 0 Å². The first-order valence-electron chi connectivity index (χ1n) is 16.6. The van der Waals surface area contributed by atoms with Crippen molar-refractivity contribution in [2.24, 2.45) is 5.92 Å². The van der Waals surface area contributed by atoms with Crippen LogP contribution in [-0.4, -0.2) is 42.8 Å². The van der Waals surface area contributed by atoms with E-state index >= 15 is 0 Å². The number of nitrogens with one attached hydrogen (secondary N) is 1. The molecule has 2 aliphatic rings. The van der Waals surface area contributed by atoms with E-state index in [1.807, 2.05) is 54.7 Å². The molecular formula is C41H58N2O. The van der Waals surface area contributed by atoms with Crippen LogP contribution in [0.3, 0.4) is 0 Å². The topological polar surface area (TPSA) is 24.5 Å². The fourth-order valence-electron chi connectivity index (χ4n) is 6.39. The van der Waals surface area contributed by atoms with Gasteiger partial charge in [-0.25, -0.2) is 0 Å². The van der Waals surface area contributed by atoms with Gasteiger partial charge in [-0.05, 0) is 55.4 Å². The molecule has 3 nitrogen and oxygen atoms in total. The zero-order valence-electron chi connectivity index (χ0n) is 27.3. The average Bonchev–Trinajstić information content (AvgIpc) is 3.02. The smallest absolute Gasteiger partial charge is 0.0811 e. The average molecular weight is 595 g/mol. The van der Waals surface area contributed by atoms with Crippen molar-refractivity contribution >= 4 is 0 Å². The Labute approximate surface area is 269 Å². The first-order chi connectivity index (χ1) is 21.6. The predicted octanol–water partition coefficient (Wildman–Crippen LogP) is 10.1. The number of allylic oxidation sites excluding steroid dienone is 15. The van der Waals surface area contributed by atoms with Crippen LogP contribution in [0, 0.1) is 5.92 Å². The zero-order valence-corrected chi connectivity index (χ0v) is 27.3. The highest BCUT2D eigenvalue weighted by Crippen LogP contribution is 2.33. The van der Waals surface area contributed by atoms with Crippen LogP contribution in [0.1, 0.15) is 64.2 Å². The van der Waals surface area contributed by atoms with E-state index in [2.05, 4.69) is 86.1 Å². The molecule has 2 rings (SSSR count). The van der Waals surface area contributed by atoms with Gasteiger partial charge in [-0.2, -0.15) is 0 Å². The Bertz CT molecular complexity index is 1060. The molecule has 1 saturated heterocycles. The summed E-state index contributed by atoms with van der Waals surface area (Å²) in [6.45, 7) is 26.1. The van der Waals surface area contributed by atoms with Crippen LogP contribution in [0.25, 0.3) is 0 Å². The van der Waals surface area contributed by atoms with E-state index in [0.29, 0.717) is 12.1 Å². The highest BCUT2D eigenvalue weighted by Gasteiger charge is 2.34. The minimum absolute atomic E-state index is 0.00382. The van der Waals surface area contributed by atoms with Gasteiger partial charge < -0.3 is 10.1 Å². The van der Waals surface area contributed by atoms with Gasteiger partial charge in [-0.3, -0.25) is 4.90 Å². The van der Waals surface area contributed by atoms with Gasteiger partial charge in [0.2, 0.25) is 0 Å². The SMILES string of the molecule is C=C/C=C\C(=C/C=C)NC1CCCCCCCC(N2CCOC(C(C(/C=C\C=C)=C/C=C)C(/C=C\C=C)=C/C=C)C2)CCC1. The van der Waals surface area contributed by atoms with Gasteiger partial charge in [-0.15, -0.1) is 0 Å². The second kappa shape index (κ2) is 23.0. The lowest BCUT2D eigenvalue weighted by atomic mass is 9.83. The molecule has 3 atom stereocenters. The number of hydrogen-bond donors (Lipinski definition) is 1. The number of hydrogen-bond acceptors (Lipinski definition) is 3. The van der Waals surface area contributed by atoms with Crippen molar-refractivity contribution in [3.63, 3.8) is 0 Å². The molecule has 0 aromatic heterocycles. The van der Waals surface area contributed by atoms with Crippen molar-refractivity contribution in [2.75, 3.05) is 19.7 Å². The van der Waals surface area contributed by atoms with Crippen molar-refractivity contribution in [1.82, 2.24) is 10.2 Å². The molecule has 238 valence electrons. The lowest BCUT2D eigenvalue weighted by molar-refractivity contribution is -0.0589. The van der Waals surface area contributed by atoms with E-state index in [4.69, 9.17) is 4.74 Å². The number of nitrogens with zero attached hydrogens (tertiary/aromatic N) is 1. The van der Waals surface area contributed by atoms with Crippen molar-refractivity contribution in [3.8, 4) is 0 Å². The summed E-state index contributed by atoms with van der Waals surface area (Å²) in [5.74, 6) is 0.0275. The maximum atomic E-state index is 6.58. The molecule has 2 fully saturated rings. The molecule has 0 radical (unpaired) electrons. The molecule has 1 aliphatic carbocycles. The summed E-state index contributed by atoms with van der Waals surface area (Å²) in [6.07, 6.45) is 42.1. The summed E-state index contributed by atoms with van der Waals surface area (Å²) in [5.41, 5.74) is 3.41. The van der Waals surface area contributed by atoms with Crippen LogP contribution in [0.4, 0.5) is 0 Å². The van der Waals surface area contributed by atoms with Crippen molar-refractivity contribution in [1.29, 1.82) is 0 Å². The molecule has 44 heavy (non-hydrogen) atoms. The molecule has 0 amide bonds.